The fourth-order valence-corrected chi connectivity index (χ4v) is 8.98. The fraction of sp³-hybridized carbons (Fsp3) is 0.467. The highest BCUT2D eigenvalue weighted by Gasteiger charge is 2.46. The van der Waals surface area contributed by atoms with Crippen LogP contribution in [0.15, 0.2) is 39.7 Å². The van der Waals surface area contributed by atoms with Gasteiger partial charge in [-0.05, 0) is 83.4 Å². The third-order valence-corrected chi connectivity index (χ3v) is 16.2. The quantitative estimate of drug-likeness (QED) is 0.194. The van der Waals surface area contributed by atoms with Gasteiger partial charge in [-0.25, -0.2) is 17.1 Å². The molecule has 17 heteroatoms. The number of anilines is 2. The smallest absolute Gasteiger partial charge is 0.271 e. The van der Waals surface area contributed by atoms with E-state index < -0.39 is 57.9 Å². The van der Waals surface area contributed by atoms with E-state index in [1.165, 1.54) is 24.3 Å². The van der Waals surface area contributed by atoms with Crippen LogP contribution in [-0.2, 0) is 24.4 Å². The molecule has 3 amide bonds. The van der Waals surface area contributed by atoms with E-state index in [2.05, 4.69) is 37.2 Å². The van der Waals surface area contributed by atoms with Gasteiger partial charge in [-0.1, -0.05) is 38.4 Å². The predicted octanol–water partition coefficient (Wildman–Crippen LogP) is 5.76. The van der Waals surface area contributed by atoms with Crippen molar-refractivity contribution in [1.82, 2.24) is 14.9 Å². The highest BCUT2D eigenvalue weighted by molar-refractivity contribution is 9.10. The van der Waals surface area contributed by atoms with Crippen LogP contribution in [0.4, 0.5) is 15.8 Å². The van der Waals surface area contributed by atoms with E-state index in [0.717, 1.165) is 4.31 Å². The largest absolute Gasteiger partial charge is 0.541 e. The minimum Gasteiger partial charge on any atom is -0.541 e. The van der Waals surface area contributed by atoms with Crippen LogP contribution in [0.2, 0.25) is 23.2 Å². The van der Waals surface area contributed by atoms with Crippen molar-refractivity contribution < 1.29 is 31.6 Å². The van der Waals surface area contributed by atoms with Crippen LogP contribution in [0.5, 0.6) is 5.75 Å². The Bertz CT molecular complexity index is 1710. The molecule has 4 N–H and O–H groups in total. The number of hydrogen-bond acceptors (Lipinski definition) is 7. The van der Waals surface area contributed by atoms with E-state index in [1.807, 2.05) is 33.9 Å². The Balaban J connectivity index is 1.87. The number of carbonyl (C=O) groups excluding carboxylic acids is 3. The standard InChI is InChI=1S/C30H38BrClFN5O6S2Si/c1-30(2,3)47(4,5)44-26-22(37-29(45)36-21-8-6-7-20(33)25(21)31)10-9-19(32)27(26)46(42,43)38(18-12-14-35-24(40)16-18)28(41)17-11-13-34-23(39)15-17/h6-10,17-18H,11-16H2,1-5H3,(H,34,39)(H,35,40)(H2,36,37,45). The third-order valence-electron chi connectivity index (χ3n) is 8.56. The van der Waals surface area contributed by atoms with E-state index in [1.54, 1.807) is 6.07 Å². The molecule has 2 unspecified atom stereocenters. The molecule has 0 saturated carbocycles. The molecule has 0 aliphatic carbocycles. The van der Waals surface area contributed by atoms with Crippen molar-refractivity contribution >= 4 is 92.3 Å². The van der Waals surface area contributed by atoms with Crippen LogP contribution in [0.1, 0.15) is 46.5 Å². The van der Waals surface area contributed by atoms with E-state index in [-0.39, 0.29) is 70.7 Å². The van der Waals surface area contributed by atoms with Gasteiger partial charge in [0.15, 0.2) is 5.11 Å². The van der Waals surface area contributed by atoms with Gasteiger partial charge in [-0.2, -0.15) is 0 Å². The molecular weight excluding hydrogens is 753 g/mol. The second-order valence-electron chi connectivity index (χ2n) is 13.0. The van der Waals surface area contributed by atoms with Crippen molar-refractivity contribution in [3.8, 4) is 5.75 Å². The summed E-state index contributed by atoms with van der Waals surface area (Å²) < 4.78 is 51.5. The molecule has 4 rings (SSSR count). The van der Waals surface area contributed by atoms with Gasteiger partial charge in [-0.3, -0.25) is 14.4 Å². The summed E-state index contributed by atoms with van der Waals surface area (Å²) in [7, 11) is -7.63. The minimum atomic E-state index is -4.82. The summed E-state index contributed by atoms with van der Waals surface area (Å²) in [5.41, 5.74) is 0.452. The lowest BCUT2D eigenvalue weighted by Gasteiger charge is -2.39. The second kappa shape index (κ2) is 14.4. The molecular formula is C30H38BrClFN5O6S2Si. The van der Waals surface area contributed by atoms with Crippen molar-refractivity contribution in [3.63, 3.8) is 0 Å². The zero-order chi connectivity index (χ0) is 34.9. The topological polar surface area (TPSA) is 146 Å². The summed E-state index contributed by atoms with van der Waals surface area (Å²) in [6.45, 7) is 10.1. The first-order chi connectivity index (χ1) is 21.8. The number of halogens is 3. The first kappa shape index (κ1) is 37.0. The molecule has 2 aromatic carbocycles. The molecule has 2 aliphatic rings. The number of carbonyl (C=O) groups is 3. The second-order valence-corrected chi connectivity index (χ2v) is 21.1. The van der Waals surface area contributed by atoms with Gasteiger partial charge in [0.25, 0.3) is 18.3 Å². The molecule has 2 heterocycles. The highest BCUT2D eigenvalue weighted by Crippen LogP contribution is 2.46. The number of nitrogens with one attached hydrogen (secondary N) is 4. The van der Waals surface area contributed by atoms with Gasteiger partial charge in [0.2, 0.25) is 17.7 Å². The van der Waals surface area contributed by atoms with E-state index >= 15 is 0 Å². The molecule has 2 aromatic rings. The number of rotatable bonds is 8. The maximum absolute atomic E-state index is 14.9. The molecule has 256 valence electrons. The number of sulfonamides is 1. The van der Waals surface area contributed by atoms with Crippen LogP contribution in [0.3, 0.4) is 0 Å². The summed E-state index contributed by atoms with van der Waals surface area (Å²) in [5.74, 6) is -3.15. The first-order valence-electron chi connectivity index (χ1n) is 15.0. The number of benzene rings is 2. The molecule has 47 heavy (non-hydrogen) atoms. The Morgan fingerprint density at radius 1 is 1.06 bits per heavy atom. The van der Waals surface area contributed by atoms with Crippen molar-refractivity contribution in [2.75, 3.05) is 23.7 Å². The first-order valence-corrected chi connectivity index (χ1v) is 20.9. The summed E-state index contributed by atoms with van der Waals surface area (Å²) in [6.07, 6.45) is -0.0513. The van der Waals surface area contributed by atoms with E-state index in [9.17, 15) is 27.2 Å². The summed E-state index contributed by atoms with van der Waals surface area (Å²) >= 11 is 15.4. The number of amides is 3. The maximum atomic E-state index is 14.9. The lowest BCUT2D eigenvalue weighted by molar-refractivity contribution is -0.138. The van der Waals surface area contributed by atoms with Crippen LogP contribution in [0.25, 0.3) is 0 Å². The zero-order valence-electron chi connectivity index (χ0n) is 26.6. The Morgan fingerprint density at radius 2 is 1.68 bits per heavy atom. The Morgan fingerprint density at radius 3 is 2.30 bits per heavy atom. The molecule has 2 aliphatic heterocycles. The summed E-state index contributed by atoms with van der Waals surface area (Å²) in [4.78, 5) is 38.4. The minimum absolute atomic E-state index is 0.00726. The molecule has 0 spiro atoms. The molecule has 0 radical (unpaired) electrons. The predicted molar refractivity (Wildman–Crippen MR) is 189 cm³/mol. The fourth-order valence-electron chi connectivity index (χ4n) is 5.00. The van der Waals surface area contributed by atoms with Crippen LogP contribution in [0, 0.1) is 11.7 Å². The summed E-state index contributed by atoms with van der Waals surface area (Å²) in [6, 6.07) is 6.20. The average molecular weight is 791 g/mol. The average Bonchev–Trinajstić information content (AvgIpc) is 2.96. The lowest BCUT2D eigenvalue weighted by Crippen LogP contribution is -2.54. The normalized spacial score (nSPS) is 18.9. The molecule has 0 bridgehead atoms. The monoisotopic (exact) mass is 789 g/mol. The van der Waals surface area contributed by atoms with Crippen LogP contribution < -0.4 is 25.7 Å². The third kappa shape index (κ3) is 8.27. The van der Waals surface area contributed by atoms with Gasteiger partial charge < -0.3 is 25.7 Å². The summed E-state index contributed by atoms with van der Waals surface area (Å²) in [5, 5.41) is 10.6. The lowest BCUT2D eigenvalue weighted by atomic mass is 9.95. The molecule has 0 aromatic heterocycles. The molecule has 11 nitrogen and oxygen atoms in total. The van der Waals surface area contributed by atoms with Crippen LogP contribution in [-0.4, -0.2) is 63.0 Å². The number of nitrogens with zero attached hydrogens (tertiary/aromatic N) is 1. The van der Waals surface area contributed by atoms with Crippen molar-refractivity contribution in [2.45, 2.75) is 75.5 Å². The Kier molecular flexibility index (Phi) is 11.3. The molecule has 2 saturated heterocycles. The van der Waals surface area contributed by atoms with Crippen molar-refractivity contribution in [1.29, 1.82) is 0 Å². The number of piperidine rings is 2. The van der Waals surface area contributed by atoms with Gasteiger partial charge in [0.05, 0.1) is 26.9 Å². The number of thiocarbonyl (C=S) groups is 1. The van der Waals surface area contributed by atoms with Crippen molar-refractivity contribution in [2.24, 2.45) is 5.92 Å². The zero-order valence-corrected chi connectivity index (χ0v) is 31.6. The SMILES string of the molecule is CC(C)(C)[Si](C)(C)Oc1c(NC(=S)Nc2cccc(F)c2Br)ccc(Cl)c1S(=O)(=O)N(C(=O)C1CCNC(=O)C1)C1CCNC(=O)C1. The molecule has 2 fully saturated rings. The van der Waals surface area contributed by atoms with E-state index in [0.29, 0.717) is 5.69 Å². The van der Waals surface area contributed by atoms with E-state index in [4.69, 9.17) is 28.2 Å². The van der Waals surface area contributed by atoms with Gasteiger partial charge in [-0.15, -0.1) is 0 Å². The molecule has 2 atom stereocenters. The van der Waals surface area contributed by atoms with Crippen LogP contribution >= 0.6 is 39.7 Å². The number of hydrogen-bond donors (Lipinski definition) is 4. The maximum Gasteiger partial charge on any atom is 0.271 e. The van der Waals surface area contributed by atoms with Gasteiger partial charge >= 0.3 is 0 Å². The Labute approximate surface area is 294 Å². The van der Waals surface area contributed by atoms with Crippen molar-refractivity contribution in [3.05, 3.63) is 45.6 Å². The highest BCUT2D eigenvalue weighted by atomic mass is 79.9. The van der Waals surface area contributed by atoms with Gasteiger partial charge in [0, 0.05) is 31.8 Å². The van der Waals surface area contributed by atoms with Gasteiger partial charge in [0.1, 0.15) is 16.5 Å². The Hall–Kier alpha value is -2.79.